The van der Waals surface area contributed by atoms with Crippen molar-refractivity contribution >= 4 is 5.91 Å². The summed E-state index contributed by atoms with van der Waals surface area (Å²) >= 11 is 0. The van der Waals surface area contributed by atoms with Gasteiger partial charge in [-0.05, 0) is 46.7 Å². The average Bonchev–Trinajstić information content (AvgIpc) is 2.70. The van der Waals surface area contributed by atoms with Gasteiger partial charge >= 0.3 is 0 Å². The van der Waals surface area contributed by atoms with Gasteiger partial charge < -0.3 is 16.0 Å². The van der Waals surface area contributed by atoms with E-state index in [1.165, 1.54) is 25.9 Å². The summed E-state index contributed by atoms with van der Waals surface area (Å²) in [5.74, 6) is 0.0571. The molecular formula is C12H25N3O. The van der Waals surface area contributed by atoms with Crippen molar-refractivity contribution in [1.29, 1.82) is 0 Å². The number of carbonyl (C=O) groups is 1. The number of nitrogens with zero attached hydrogens (tertiary/aromatic N) is 1. The lowest BCUT2D eigenvalue weighted by atomic mass is 9.92. The number of nitrogens with one attached hydrogen (secondary N) is 1. The first-order valence-corrected chi connectivity index (χ1v) is 6.19. The third-order valence-electron chi connectivity index (χ3n) is 3.23. The molecule has 3 N–H and O–H groups in total. The second kappa shape index (κ2) is 5.64. The summed E-state index contributed by atoms with van der Waals surface area (Å²) in [6, 6.07) is 0.205. The molecule has 0 aliphatic carbocycles. The van der Waals surface area contributed by atoms with Crippen LogP contribution >= 0.6 is 0 Å². The Morgan fingerprint density at radius 1 is 1.44 bits per heavy atom. The molecule has 1 aliphatic heterocycles. The van der Waals surface area contributed by atoms with E-state index < -0.39 is 5.41 Å². The molecule has 0 saturated carbocycles. The van der Waals surface area contributed by atoms with Gasteiger partial charge in [0, 0.05) is 19.1 Å². The van der Waals surface area contributed by atoms with Crippen LogP contribution in [0.1, 0.15) is 33.6 Å². The van der Waals surface area contributed by atoms with Crippen molar-refractivity contribution in [2.45, 2.75) is 39.7 Å². The molecule has 1 aliphatic rings. The Morgan fingerprint density at radius 2 is 2.00 bits per heavy atom. The van der Waals surface area contributed by atoms with E-state index in [2.05, 4.69) is 17.1 Å². The lowest BCUT2D eigenvalue weighted by Gasteiger charge is -2.26. The minimum atomic E-state index is -0.459. The Balaban J connectivity index is 2.32. The quantitative estimate of drug-likeness (QED) is 0.722. The summed E-state index contributed by atoms with van der Waals surface area (Å²) in [7, 11) is 0. The summed E-state index contributed by atoms with van der Waals surface area (Å²) in [6.07, 6.45) is 2.57. The fourth-order valence-corrected chi connectivity index (χ4v) is 1.91. The second-order valence-electron chi connectivity index (χ2n) is 5.47. The maximum Gasteiger partial charge on any atom is 0.227 e. The first-order chi connectivity index (χ1) is 7.45. The molecule has 1 amide bonds. The van der Waals surface area contributed by atoms with Gasteiger partial charge in [0.2, 0.25) is 5.91 Å². The van der Waals surface area contributed by atoms with Crippen LogP contribution in [-0.2, 0) is 4.79 Å². The number of hydrogen-bond acceptors (Lipinski definition) is 3. The van der Waals surface area contributed by atoms with Gasteiger partial charge in [-0.25, -0.2) is 0 Å². The third-order valence-corrected chi connectivity index (χ3v) is 3.23. The van der Waals surface area contributed by atoms with Gasteiger partial charge in [0.05, 0.1) is 5.41 Å². The third kappa shape index (κ3) is 3.76. The highest BCUT2D eigenvalue weighted by Crippen LogP contribution is 2.13. The smallest absolute Gasteiger partial charge is 0.227 e. The van der Waals surface area contributed by atoms with Crippen LogP contribution < -0.4 is 11.1 Å². The molecular weight excluding hydrogens is 202 g/mol. The average molecular weight is 227 g/mol. The molecule has 94 valence electrons. The number of carbonyl (C=O) groups excluding carboxylic acids is 1. The van der Waals surface area contributed by atoms with Crippen molar-refractivity contribution < 1.29 is 4.79 Å². The van der Waals surface area contributed by atoms with Gasteiger partial charge in [-0.15, -0.1) is 0 Å². The number of likely N-dealkylation sites (tertiary alicyclic amines) is 1. The summed E-state index contributed by atoms with van der Waals surface area (Å²) in [5, 5.41) is 3.04. The van der Waals surface area contributed by atoms with Gasteiger partial charge in [-0.2, -0.15) is 0 Å². The molecule has 0 spiro atoms. The lowest BCUT2D eigenvalue weighted by molar-refractivity contribution is -0.129. The summed E-state index contributed by atoms with van der Waals surface area (Å²) in [5.41, 5.74) is 5.12. The van der Waals surface area contributed by atoms with Crippen molar-refractivity contribution in [2.75, 3.05) is 26.2 Å². The zero-order valence-electron chi connectivity index (χ0n) is 10.8. The van der Waals surface area contributed by atoms with E-state index in [-0.39, 0.29) is 11.9 Å². The van der Waals surface area contributed by atoms with Gasteiger partial charge in [-0.3, -0.25) is 4.79 Å². The van der Waals surface area contributed by atoms with Crippen LogP contribution in [0.2, 0.25) is 0 Å². The minimum absolute atomic E-state index is 0.0571. The molecule has 1 rings (SSSR count). The van der Waals surface area contributed by atoms with Crippen molar-refractivity contribution in [3.8, 4) is 0 Å². The monoisotopic (exact) mass is 227 g/mol. The summed E-state index contributed by atoms with van der Waals surface area (Å²) in [6.45, 7) is 9.49. The molecule has 0 aromatic carbocycles. The van der Waals surface area contributed by atoms with Gasteiger partial charge in [0.25, 0.3) is 0 Å². The molecule has 4 nitrogen and oxygen atoms in total. The standard InChI is InChI=1S/C12H25N3O/c1-10(8-15-6-4-5-7-15)14-11(16)12(2,3)9-13/h10H,4-9,13H2,1-3H3,(H,14,16). The van der Waals surface area contributed by atoms with E-state index in [1.54, 1.807) is 0 Å². The highest BCUT2D eigenvalue weighted by Gasteiger charge is 2.27. The highest BCUT2D eigenvalue weighted by molar-refractivity contribution is 5.82. The fourth-order valence-electron chi connectivity index (χ4n) is 1.91. The number of hydrogen-bond donors (Lipinski definition) is 2. The SMILES string of the molecule is CC(CN1CCCC1)NC(=O)C(C)(C)CN. The molecule has 0 aromatic heterocycles. The summed E-state index contributed by atoms with van der Waals surface area (Å²) in [4.78, 5) is 14.3. The predicted molar refractivity (Wildman–Crippen MR) is 66.1 cm³/mol. The Morgan fingerprint density at radius 3 is 2.50 bits per heavy atom. The molecule has 0 radical (unpaired) electrons. The Bertz CT molecular complexity index is 234. The first kappa shape index (κ1) is 13.5. The molecule has 1 saturated heterocycles. The largest absolute Gasteiger partial charge is 0.352 e. The fraction of sp³-hybridized carbons (Fsp3) is 0.917. The van der Waals surface area contributed by atoms with Crippen LogP contribution in [0.3, 0.4) is 0 Å². The Kier molecular flexibility index (Phi) is 4.74. The minimum Gasteiger partial charge on any atom is -0.352 e. The lowest BCUT2D eigenvalue weighted by Crippen LogP contribution is -2.48. The second-order valence-corrected chi connectivity index (χ2v) is 5.47. The maximum atomic E-state index is 11.9. The molecule has 1 unspecified atom stereocenters. The zero-order valence-corrected chi connectivity index (χ0v) is 10.8. The van der Waals surface area contributed by atoms with E-state index in [0.717, 1.165) is 6.54 Å². The van der Waals surface area contributed by atoms with Crippen LogP contribution in [0.4, 0.5) is 0 Å². The van der Waals surface area contributed by atoms with Crippen LogP contribution in [0.15, 0.2) is 0 Å². The van der Waals surface area contributed by atoms with Gasteiger partial charge in [0.15, 0.2) is 0 Å². The van der Waals surface area contributed by atoms with E-state index in [9.17, 15) is 4.79 Å². The molecule has 0 bridgehead atoms. The maximum absolute atomic E-state index is 11.9. The topological polar surface area (TPSA) is 58.4 Å². The molecule has 1 fully saturated rings. The van der Waals surface area contributed by atoms with Crippen LogP contribution in [-0.4, -0.2) is 43.0 Å². The Labute approximate surface area is 98.6 Å². The van der Waals surface area contributed by atoms with Crippen molar-refractivity contribution in [3.63, 3.8) is 0 Å². The van der Waals surface area contributed by atoms with E-state index in [0.29, 0.717) is 6.54 Å². The van der Waals surface area contributed by atoms with E-state index in [4.69, 9.17) is 5.73 Å². The predicted octanol–water partition coefficient (Wildman–Crippen LogP) is 0.572. The summed E-state index contributed by atoms with van der Waals surface area (Å²) < 4.78 is 0. The Hall–Kier alpha value is -0.610. The molecule has 16 heavy (non-hydrogen) atoms. The number of nitrogens with two attached hydrogens (primary N) is 1. The first-order valence-electron chi connectivity index (χ1n) is 6.19. The van der Waals surface area contributed by atoms with E-state index in [1.807, 2.05) is 13.8 Å². The van der Waals surface area contributed by atoms with E-state index >= 15 is 0 Å². The van der Waals surface area contributed by atoms with Gasteiger partial charge in [-0.1, -0.05) is 0 Å². The normalized spacial score (nSPS) is 19.8. The number of rotatable bonds is 5. The molecule has 1 heterocycles. The van der Waals surface area contributed by atoms with Crippen LogP contribution in [0.25, 0.3) is 0 Å². The molecule has 4 heteroatoms. The van der Waals surface area contributed by atoms with Crippen molar-refractivity contribution in [1.82, 2.24) is 10.2 Å². The van der Waals surface area contributed by atoms with Crippen molar-refractivity contribution in [3.05, 3.63) is 0 Å². The van der Waals surface area contributed by atoms with Crippen LogP contribution in [0, 0.1) is 5.41 Å². The van der Waals surface area contributed by atoms with Crippen molar-refractivity contribution in [2.24, 2.45) is 11.1 Å². The highest BCUT2D eigenvalue weighted by atomic mass is 16.2. The number of amides is 1. The molecule has 1 atom stereocenters. The molecule has 0 aromatic rings. The zero-order chi connectivity index (χ0) is 12.2. The van der Waals surface area contributed by atoms with Gasteiger partial charge in [0.1, 0.15) is 0 Å². The van der Waals surface area contributed by atoms with Crippen LogP contribution in [0.5, 0.6) is 0 Å².